The molecule has 1 saturated heterocycles. The Balaban J connectivity index is 1.15. The Hall–Kier alpha value is -4.00. The number of hydrogen-bond acceptors (Lipinski definition) is 10. The number of likely N-dealkylation sites (tertiary alicyclic amines) is 1. The van der Waals surface area contributed by atoms with Gasteiger partial charge in [-0.1, -0.05) is 25.0 Å². The molecule has 218 valence electrons. The van der Waals surface area contributed by atoms with Gasteiger partial charge in [-0.3, -0.25) is 10.1 Å². The van der Waals surface area contributed by atoms with Crippen LogP contribution < -0.4 is 21.1 Å². The minimum absolute atomic E-state index is 0.0519. The minimum atomic E-state index is -0.587. The number of nitrogens with zero attached hydrogens (tertiary/aromatic N) is 6. The molecule has 2 aliphatic carbocycles. The topological polar surface area (TPSA) is 166 Å². The maximum atomic E-state index is 12.8. The lowest BCUT2D eigenvalue weighted by atomic mass is 9.92. The van der Waals surface area contributed by atoms with E-state index >= 15 is 0 Å². The predicted octanol–water partition coefficient (Wildman–Crippen LogP) is 4.61. The van der Waals surface area contributed by atoms with Gasteiger partial charge in [-0.25, -0.2) is 9.78 Å². The van der Waals surface area contributed by atoms with Gasteiger partial charge in [0.2, 0.25) is 11.7 Å². The normalized spacial score (nSPS) is 22.1. The van der Waals surface area contributed by atoms with Gasteiger partial charge in [-0.2, -0.15) is 9.97 Å². The fourth-order valence-electron chi connectivity index (χ4n) is 6.23. The van der Waals surface area contributed by atoms with Gasteiger partial charge in [0.15, 0.2) is 17.0 Å². The maximum absolute atomic E-state index is 12.8. The summed E-state index contributed by atoms with van der Waals surface area (Å²) in [6, 6.07) is 6.93. The summed E-state index contributed by atoms with van der Waals surface area (Å²) in [5.74, 6) is 1.25. The number of nitro benzene ring substituents is 1. The van der Waals surface area contributed by atoms with Gasteiger partial charge < -0.3 is 30.6 Å². The van der Waals surface area contributed by atoms with Crippen molar-refractivity contribution in [2.45, 2.75) is 88.4 Å². The fraction of sp³-hybridized carbons (Fsp3) is 0.571. The summed E-state index contributed by atoms with van der Waals surface area (Å²) >= 11 is 0. The predicted molar refractivity (Wildman–Crippen MR) is 154 cm³/mol. The van der Waals surface area contributed by atoms with E-state index < -0.39 is 11.0 Å². The second-order valence-corrected chi connectivity index (χ2v) is 11.4. The maximum Gasteiger partial charge on any atom is 0.415 e. The third-order valence-electron chi connectivity index (χ3n) is 8.60. The van der Waals surface area contributed by atoms with Gasteiger partial charge >= 0.3 is 11.8 Å². The number of hydrogen-bond donors (Lipinski definition) is 3. The van der Waals surface area contributed by atoms with Crippen molar-refractivity contribution in [1.29, 1.82) is 0 Å². The molecular weight excluding hydrogens is 526 g/mol. The third-order valence-corrected chi connectivity index (χ3v) is 8.60. The molecule has 1 amide bonds. The molecule has 13 heteroatoms. The molecule has 4 N–H and O–H groups in total. The Morgan fingerprint density at radius 1 is 0.976 bits per heavy atom. The van der Waals surface area contributed by atoms with Crippen molar-refractivity contribution < 1.29 is 14.5 Å². The van der Waals surface area contributed by atoms with E-state index in [1.54, 1.807) is 17.0 Å². The van der Waals surface area contributed by atoms with Crippen molar-refractivity contribution >= 4 is 34.7 Å². The van der Waals surface area contributed by atoms with Crippen LogP contribution in [-0.2, 0) is 0 Å². The van der Waals surface area contributed by atoms with Gasteiger partial charge in [-0.05, 0) is 57.4 Å². The summed E-state index contributed by atoms with van der Waals surface area (Å²) < 4.78 is 7.59. The van der Waals surface area contributed by atoms with Crippen LogP contribution in [0.2, 0.25) is 0 Å². The number of nitrogens with one attached hydrogen (secondary N) is 2. The van der Waals surface area contributed by atoms with E-state index in [0.29, 0.717) is 43.7 Å². The lowest BCUT2D eigenvalue weighted by Gasteiger charge is -2.32. The first-order chi connectivity index (χ1) is 19.9. The van der Waals surface area contributed by atoms with Crippen molar-refractivity contribution in [2.75, 3.05) is 23.7 Å². The number of anilines is 2. The molecule has 2 saturated carbocycles. The Morgan fingerprint density at radius 2 is 1.68 bits per heavy atom. The van der Waals surface area contributed by atoms with Crippen molar-refractivity contribution in [3.8, 4) is 5.75 Å². The van der Waals surface area contributed by atoms with Gasteiger partial charge in [0, 0.05) is 43.3 Å². The van der Waals surface area contributed by atoms with Gasteiger partial charge in [0.25, 0.3) is 0 Å². The van der Waals surface area contributed by atoms with E-state index in [2.05, 4.69) is 15.2 Å². The highest BCUT2D eigenvalue weighted by molar-refractivity contribution is 5.84. The SMILES string of the molecule is N[C@H]1CC[C@H](Nc2nc(NC3CCN(C(=O)Oc4ccccc4[N+](=O)[O-])CC3)c3ncn(C4CCCC4)c3n2)CC1. The van der Waals surface area contributed by atoms with E-state index in [9.17, 15) is 14.9 Å². The number of amides is 1. The van der Waals surface area contributed by atoms with Gasteiger partial charge in [-0.15, -0.1) is 0 Å². The molecule has 3 fully saturated rings. The third kappa shape index (κ3) is 6.04. The number of imidazole rings is 1. The molecule has 0 radical (unpaired) electrons. The van der Waals surface area contributed by atoms with Gasteiger partial charge in [0.1, 0.15) is 0 Å². The number of benzene rings is 1. The quantitative estimate of drug-likeness (QED) is 0.273. The first kappa shape index (κ1) is 27.2. The largest absolute Gasteiger partial charge is 0.415 e. The second kappa shape index (κ2) is 11.9. The van der Waals surface area contributed by atoms with Crippen LogP contribution in [0.1, 0.15) is 70.3 Å². The molecule has 0 bridgehead atoms. The summed E-state index contributed by atoms with van der Waals surface area (Å²) in [4.78, 5) is 39.6. The summed E-state index contributed by atoms with van der Waals surface area (Å²) in [6.45, 7) is 0.907. The Bertz CT molecular complexity index is 1390. The summed E-state index contributed by atoms with van der Waals surface area (Å²) in [7, 11) is 0. The van der Waals surface area contributed by atoms with Crippen LogP contribution in [0.3, 0.4) is 0 Å². The van der Waals surface area contributed by atoms with E-state index in [1.165, 1.54) is 25.0 Å². The zero-order valence-corrected chi connectivity index (χ0v) is 23.1. The van der Waals surface area contributed by atoms with Crippen LogP contribution >= 0.6 is 0 Å². The van der Waals surface area contributed by atoms with Crippen LogP contribution in [0.15, 0.2) is 30.6 Å². The molecule has 2 aromatic heterocycles. The molecule has 13 nitrogen and oxygen atoms in total. The highest BCUT2D eigenvalue weighted by Crippen LogP contribution is 2.34. The van der Waals surface area contributed by atoms with E-state index in [-0.39, 0.29) is 29.6 Å². The number of fused-ring (bicyclic) bond motifs is 1. The monoisotopic (exact) mass is 563 g/mol. The molecule has 3 heterocycles. The molecule has 41 heavy (non-hydrogen) atoms. The number of piperidine rings is 1. The number of carbonyl (C=O) groups excluding carboxylic acids is 1. The first-order valence-corrected chi connectivity index (χ1v) is 14.7. The second-order valence-electron chi connectivity index (χ2n) is 11.4. The minimum Gasteiger partial charge on any atom is -0.403 e. The molecule has 3 aromatic rings. The average molecular weight is 564 g/mol. The number of rotatable bonds is 7. The summed E-state index contributed by atoms with van der Waals surface area (Å²) in [5, 5.41) is 18.4. The Morgan fingerprint density at radius 3 is 2.41 bits per heavy atom. The molecule has 3 aliphatic rings. The molecule has 6 rings (SSSR count). The van der Waals surface area contributed by atoms with Crippen LogP contribution in [0, 0.1) is 10.1 Å². The smallest absolute Gasteiger partial charge is 0.403 e. The van der Waals surface area contributed by atoms with E-state index in [1.807, 2.05) is 6.33 Å². The number of nitrogens with two attached hydrogens (primary N) is 1. The lowest BCUT2D eigenvalue weighted by molar-refractivity contribution is -0.385. The van der Waals surface area contributed by atoms with Crippen LogP contribution in [-0.4, -0.2) is 66.7 Å². The molecular formula is C28H37N9O4. The Kier molecular flexibility index (Phi) is 7.86. The first-order valence-electron chi connectivity index (χ1n) is 14.7. The fourth-order valence-corrected chi connectivity index (χ4v) is 6.23. The van der Waals surface area contributed by atoms with Crippen molar-refractivity contribution in [3.05, 3.63) is 40.7 Å². The number of carbonyl (C=O) groups is 1. The van der Waals surface area contributed by atoms with Crippen LogP contribution in [0.4, 0.5) is 22.2 Å². The number of nitro groups is 1. The van der Waals surface area contributed by atoms with Crippen LogP contribution in [0.25, 0.3) is 11.2 Å². The van der Waals surface area contributed by atoms with E-state index in [0.717, 1.165) is 49.7 Å². The van der Waals surface area contributed by atoms with E-state index in [4.69, 9.17) is 25.4 Å². The highest BCUT2D eigenvalue weighted by atomic mass is 16.6. The number of aromatic nitrogens is 4. The molecule has 0 atom stereocenters. The summed E-state index contributed by atoms with van der Waals surface area (Å²) in [5.41, 5.74) is 7.48. The number of para-hydroxylation sites is 2. The number of ether oxygens (including phenoxy) is 1. The zero-order valence-electron chi connectivity index (χ0n) is 23.1. The molecule has 1 aromatic carbocycles. The molecule has 1 aliphatic heterocycles. The van der Waals surface area contributed by atoms with Gasteiger partial charge in [0.05, 0.1) is 11.3 Å². The zero-order chi connectivity index (χ0) is 28.3. The molecule has 0 unspecified atom stereocenters. The highest BCUT2D eigenvalue weighted by Gasteiger charge is 2.28. The average Bonchev–Trinajstić information content (AvgIpc) is 3.65. The lowest BCUT2D eigenvalue weighted by Crippen LogP contribution is -2.43. The Labute approximate surface area is 238 Å². The standard InChI is InChI=1S/C28H37N9O4/c29-18-9-11-19(12-10-18)32-27-33-25(24-26(34-27)36(17-30-24)21-5-1-2-6-21)31-20-13-15-35(16-14-20)28(38)41-23-8-4-3-7-22(23)37(39)40/h3-4,7-8,17-21H,1-2,5-6,9-16,29H2,(H2,31,32,33,34)/t18-,19-. The summed E-state index contributed by atoms with van der Waals surface area (Å²) in [6.07, 6.45) is 11.3. The van der Waals surface area contributed by atoms with Crippen molar-refractivity contribution in [1.82, 2.24) is 24.4 Å². The van der Waals surface area contributed by atoms with Crippen molar-refractivity contribution in [2.24, 2.45) is 5.73 Å². The molecule has 0 spiro atoms. The van der Waals surface area contributed by atoms with Crippen molar-refractivity contribution in [3.63, 3.8) is 0 Å². The van der Waals surface area contributed by atoms with Crippen LogP contribution in [0.5, 0.6) is 5.75 Å².